The summed E-state index contributed by atoms with van der Waals surface area (Å²) in [5.41, 5.74) is -0.0871. The van der Waals surface area contributed by atoms with E-state index >= 15 is 0 Å². The fourth-order valence-electron chi connectivity index (χ4n) is 1.78. The highest BCUT2D eigenvalue weighted by Crippen LogP contribution is 2.20. The number of ether oxygens (including phenoxy) is 3. The second-order valence-corrected chi connectivity index (χ2v) is 5.85. The Morgan fingerprint density at radius 3 is 2.58 bits per heavy atom. The van der Waals surface area contributed by atoms with Gasteiger partial charge in [0.05, 0.1) is 12.8 Å². The zero-order valence-electron chi connectivity index (χ0n) is 13.9. The van der Waals surface area contributed by atoms with E-state index in [1.54, 1.807) is 39.0 Å². The van der Waals surface area contributed by atoms with Crippen molar-refractivity contribution in [1.82, 2.24) is 9.97 Å². The van der Waals surface area contributed by atoms with Crippen molar-refractivity contribution in [3.05, 3.63) is 46.8 Å². The molecule has 0 amide bonds. The molecular weight excluding hydrogens is 312 g/mol. The molecular formula is C17H18N2O5. The second-order valence-electron chi connectivity index (χ2n) is 5.85. The van der Waals surface area contributed by atoms with Crippen molar-refractivity contribution in [3.8, 4) is 23.0 Å². The molecule has 0 spiro atoms. The van der Waals surface area contributed by atoms with Crippen LogP contribution in [0.5, 0.6) is 11.8 Å². The van der Waals surface area contributed by atoms with Gasteiger partial charge >= 0.3 is 12.2 Å². The number of carbonyl (C=O) groups excluding carboxylic acids is 1. The van der Waals surface area contributed by atoms with Gasteiger partial charge in [-0.3, -0.25) is 4.79 Å². The van der Waals surface area contributed by atoms with Crippen LogP contribution in [0, 0.1) is 0 Å². The van der Waals surface area contributed by atoms with Crippen molar-refractivity contribution in [3.63, 3.8) is 0 Å². The number of nitrogens with zero attached hydrogens (tertiary/aromatic N) is 2. The molecule has 7 nitrogen and oxygen atoms in total. The minimum absolute atomic E-state index is 0.151. The summed E-state index contributed by atoms with van der Waals surface area (Å²) in [6.45, 7) is 5.11. The summed E-state index contributed by atoms with van der Waals surface area (Å²) in [6.07, 6.45) is 0.581. The van der Waals surface area contributed by atoms with Gasteiger partial charge in [0.15, 0.2) is 5.75 Å². The average molecular weight is 330 g/mol. The number of carbonyl (C=O) groups is 1. The highest BCUT2D eigenvalue weighted by Gasteiger charge is 2.19. The van der Waals surface area contributed by atoms with Crippen LogP contribution in [0.25, 0.3) is 11.3 Å². The van der Waals surface area contributed by atoms with E-state index in [2.05, 4.69) is 9.97 Å². The minimum atomic E-state index is -0.947. The summed E-state index contributed by atoms with van der Waals surface area (Å²) in [5.74, 6) is -0.151. The van der Waals surface area contributed by atoms with E-state index in [-0.39, 0.29) is 11.8 Å². The van der Waals surface area contributed by atoms with Gasteiger partial charge in [0.25, 0.3) is 0 Å². The molecule has 0 bridgehead atoms. The van der Waals surface area contributed by atoms with Crippen molar-refractivity contribution in [2.75, 3.05) is 7.11 Å². The maximum atomic E-state index is 12.0. The van der Waals surface area contributed by atoms with E-state index < -0.39 is 17.2 Å². The molecule has 126 valence electrons. The molecule has 7 heteroatoms. The van der Waals surface area contributed by atoms with Crippen LogP contribution in [0.4, 0.5) is 4.79 Å². The van der Waals surface area contributed by atoms with Crippen LogP contribution in [0.3, 0.4) is 0 Å². The fourth-order valence-corrected chi connectivity index (χ4v) is 1.78. The third kappa shape index (κ3) is 4.77. The molecule has 0 saturated carbocycles. The van der Waals surface area contributed by atoms with Gasteiger partial charge in [-0.25, -0.2) is 9.78 Å². The molecule has 1 heterocycles. The van der Waals surface area contributed by atoms with E-state index in [1.807, 2.05) is 0 Å². The lowest BCUT2D eigenvalue weighted by molar-refractivity contribution is 0.0204. The molecule has 0 aliphatic heterocycles. The van der Waals surface area contributed by atoms with E-state index in [1.165, 1.54) is 25.4 Å². The minimum Gasteiger partial charge on any atom is -0.467 e. The monoisotopic (exact) mass is 330 g/mol. The van der Waals surface area contributed by atoms with Crippen molar-refractivity contribution in [2.45, 2.75) is 26.4 Å². The number of methoxy groups -OCH3 is 1. The molecule has 0 atom stereocenters. The molecule has 0 unspecified atom stereocenters. The van der Waals surface area contributed by atoms with E-state index in [9.17, 15) is 9.59 Å². The largest absolute Gasteiger partial charge is 0.514 e. The summed E-state index contributed by atoms with van der Waals surface area (Å²) in [5, 5.41) is 0. The van der Waals surface area contributed by atoms with Gasteiger partial charge in [-0.15, -0.1) is 0 Å². The molecule has 0 fully saturated rings. The smallest absolute Gasteiger partial charge is 0.467 e. The van der Waals surface area contributed by atoms with Crippen molar-refractivity contribution in [2.24, 2.45) is 0 Å². The highest BCUT2D eigenvalue weighted by atomic mass is 16.7. The van der Waals surface area contributed by atoms with Crippen LogP contribution >= 0.6 is 0 Å². The summed E-state index contributed by atoms with van der Waals surface area (Å²) in [6, 6.07) is 7.78. The molecule has 2 rings (SSSR count). The quantitative estimate of drug-likeness (QED) is 0.800. The third-order valence-electron chi connectivity index (χ3n) is 2.75. The SMILES string of the molecule is COc1nccc(-c2cccc(=O)c(OC(=O)OC(C)(C)C)c2)n1. The number of rotatable bonds is 3. The second kappa shape index (κ2) is 7.08. The molecule has 1 aromatic heterocycles. The van der Waals surface area contributed by atoms with Crippen molar-refractivity contribution >= 4 is 6.16 Å². The number of hydrogen-bond acceptors (Lipinski definition) is 7. The maximum Gasteiger partial charge on any atom is 0.514 e. The number of hydrogen-bond donors (Lipinski definition) is 0. The topological polar surface area (TPSA) is 87.6 Å². The normalized spacial score (nSPS) is 10.8. The predicted molar refractivity (Wildman–Crippen MR) is 87.2 cm³/mol. The van der Waals surface area contributed by atoms with Crippen LogP contribution in [0.2, 0.25) is 0 Å². The fraction of sp³-hybridized carbons (Fsp3) is 0.294. The molecule has 0 aliphatic carbocycles. The van der Waals surface area contributed by atoms with Crippen LogP contribution in [-0.4, -0.2) is 28.8 Å². The van der Waals surface area contributed by atoms with E-state index in [0.717, 1.165) is 0 Å². The Kier molecular flexibility index (Phi) is 5.13. The third-order valence-corrected chi connectivity index (χ3v) is 2.75. The summed E-state index contributed by atoms with van der Waals surface area (Å²) in [4.78, 5) is 32.0. The standard InChI is InChI=1S/C17H18N2O5/c1-17(2,3)24-16(21)23-14-10-11(6-5-7-13(14)20)12-8-9-18-15(19-12)22-4/h5-10H,1-4H3. The molecule has 1 aromatic carbocycles. The van der Waals surface area contributed by atoms with Gasteiger partial charge in [0.1, 0.15) is 5.60 Å². The van der Waals surface area contributed by atoms with Gasteiger partial charge < -0.3 is 14.2 Å². The molecule has 0 aliphatic rings. The lowest BCUT2D eigenvalue weighted by Gasteiger charge is -2.18. The number of aromatic nitrogens is 2. The Morgan fingerprint density at radius 1 is 1.17 bits per heavy atom. The first-order valence-corrected chi connectivity index (χ1v) is 7.21. The van der Waals surface area contributed by atoms with Gasteiger partial charge in [0, 0.05) is 11.8 Å². The van der Waals surface area contributed by atoms with Crippen LogP contribution in [0.15, 0.2) is 41.3 Å². The average Bonchev–Trinajstić information content (AvgIpc) is 2.68. The molecule has 0 saturated heterocycles. The molecule has 2 aromatic rings. The Labute approximate surface area is 139 Å². The van der Waals surface area contributed by atoms with Gasteiger partial charge in [-0.1, -0.05) is 12.1 Å². The highest BCUT2D eigenvalue weighted by molar-refractivity contribution is 5.66. The van der Waals surface area contributed by atoms with Crippen LogP contribution < -0.4 is 14.9 Å². The Hall–Kier alpha value is -2.96. The zero-order chi connectivity index (χ0) is 17.7. The van der Waals surface area contributed by atoms with Gasteiger partial charge in [-0.05, 0) is 39.0 Å². The lowest BCUT2D eigenvalue weighted by atomic mass is 10.2. The van der Waals surface area contributed by atoms with E-state index in [0.29, 0.717) is 11.3 Å². The zero-order valence-corrected chi connectivity index (χ0v) is 13.9. The Bertz CT molecular complexity index is 799. The van der Waals surface area contributed by atoms with Gasteiger partial charge in [0.2, 0.25) is 5.43 Å². The Morgan fingerprint density at radius 2 is 1.92 bits per heavy atom. The maximum absolute atomic E-state index is 12.0. The Balaban J connectivity index is 2.38. The summed E-state index contributed by atoms with van der Waals surface area (Å²) in [7, 11) is 1.46. The van der Waals surface area contributed by atoms with Crippen LogP contribution in [0.1, 0.15) is 20.8 Å². The molecule has 24 heavy (non-hydrogen) atoms. The first kappa shape index (κ1) is 17.4. The first-order valence-electron chi connectivity index (χ1n) is 7.21. The lowest BCUT2D eigenvalue weighted by Crippen LogP contribution is -2.26. The summed E-state index contributed by atoms with van der Waals surface area (Å²) >= 11 is 0. The van der Waals surface area contributed by atoms with Crippen molar-refractivity contribution < 1.29 is 19.0 Å². The summed E-state index contributed by atoms with van der Waals surface area (Å²) < 4.78 is 15.1. The predicted octanol–water partition coefficient (Wildman–Crippen LogP) is 2.83. The van der Waals surface area contributed by atoms with Crippen LogP contribution in [-0.2, 0) is 4.74 Å². The molecule has 0 radical (unpaired) electrons. The van der Waals surface area contributed by atoms with Gasteiger partial charge in [-0.2, -0.15) is 4.98 Å². The van der Waals surface area contributed by atoms with E-state index in [4.69, 9.17) is 14.2 Å². The first-order chi connectivity index (χ1) is 11.3. The molecule has 0 N–H and O–H groups in total. The van der Waals surface area contributed by atoms with Crippen molar-refractivity contribution in [1.29, 1.82) is 0 Å².